The van der Waals surface area contributed by atoms with E-state index in [2.05, 4.69) is 31.3 Å². The lowest BCUT2D eigenvalue weighted by atomic mass is 10.00. The number of amides is 1. The molecule has 1 amide bonds. The van der Waals surface area contributed by atoms with Crippen LogP contribution in [0.25, 0.3) is 6.08 Å². The van der Waals surface area contributed by atoms with Crippen LogP contribution in [0.2, 0.25) is 0 Å². The molecule has 23 heavy (non-hydrogen) atoms. The first-order valence-corrected chi connectivity index (χ1v) is 7.54. The third kappa shape index (κ3) is 4.39. The lowest BCUT2D eigenvalue weighted by molar-refractivity contribution is -0.114. The average molecular weight is 307 g/mol. The molecule has 0 unspecified atom stereocenters. The Morgan fingerprint density at radius 2 is 1.65 bits per heavy atom. The van der Waals surface area contributed by atoms with Crippen molar-refractivity contribution >= 4 is 23.5 Å². The first-order chi connectivity index (χ1) is 10.9. The van der Waals surface area contributed by atoms with Crippen molar-refractivity contribution in [1.82, 2.24) is 0 Å². The number of carbonyl (C=O) groups is 2. The molecule has 0 spiro atoms. The molecule has 0 aromatic heterocycles. The maximum Gasteiger partial charge on any atom is 0.221 e. The number of allylic oxidation sites excluding steroid dienone is 1. The zero-order valence-electron chi connectivity index (χ0n) is 13.9. The summed E-state index contributed by atoms with van der Waals surface area (Å²) in [5.74, 6) is -0.245. The third-order valence-electron chi connectivity index (χ3n) is 3.76. The molecule has 0 aliphatic heterocycles. The summed E-state index contributed by atoms with van der Waals surface area (Å²) in [7, 11) is 0. The van der Waals surface area contributed by atoms with Crippen LogP contribution in [-0.2, 0) is 4.79 Å². The van der Waals surface area contributed by atoms with Crippen LogP contribution in [-0.4, -0.2) is 11.7 Å². The summed E-state index contributed by atoms with van der Waals surface area (Å²) in [6.45, 7) is 7.62. The van der Waals surface area contributed by atoms with E-state index >= 15 is 0 Å². The molecule has 0 saturated heterocycles. The zero-order valence-corrected chi connectivity index (χ0v) is 13.9. The van der Waals surface area contributed by atoms with Crippen LogP contribution in [0.3, 0.4) is 0 Å². The number of carbonyl (C=O) groups excluding carboxylic acids is 2. The fraction of sp³-hybridized carbons (Fsp3) is 0.200. The van der Waals surface area contributed by atoms with E-state index in [1.807, 2.05) is 13.0 Å². The Morgan fingerprint density at radius 3 is 2.35 bits per heavy atom. The fourth-order valence-corrected chi connectivity index (χ4v) is 2.38. The molecule has 3 heteroatoms. The first kappa shape index (κ1) is 16.7. The van der Waals surface area contributed by atoms with Crippen molar-refractivity contribution < 1.29 is 9.59 Å². The maximum absolute atomic E-state index is 12.3. The third-order valence-corrected chi connectivity index (χ3v) is 3.76. The number of nitrogens with one attached hydrogen (secondary N) is 1. The van der Waals surface area contributed by atoms with E-state index in [1.54, 1.807) is 30.3 Å². The normalized spacial score (nSPS) is 10.8. The van der Waals surface area contributed by atoms with Crippen molar-refractivity contribution in [3.63, 3.8) is 0 Å². The van der Waals surface area contributed by atoms with Gasteiger partial charge in [-0.15, -0.1) is 0 Å². The Balaban J connectivity index is 2.22. The molecule has 0 fully saturated rings. The highest BCUT2D eigenvalue weighted by Crippen LogP contribution is 2.17. The van der Waals surface area contributed by atoms with Crippen LogP contribution in [0.15, 0.2) is 42.5 Å². The Bertz CT molecular complexity index is 788. The van der Waals surface area contributed by atoms with Gasteiger partial charge in [-0.05, 0) is 61.2 Å². The van der Waals surface area contributed by atoms with E-state index in [1.165, 1.54) is 18.1 Å². The molecule has 0 aliphatic carbocycles. The molecule has 2 aromatic rings. The smallest absolute Gasteiger partial charge is 0.221 e. The quantitative estimate of drug-likeness (QED) is 0.669. The highest BCUT2D eigenvalue weighted by Gasteiger charge is 2.05. The first-order valence-electron chi connectivity index (χ1n) is 7.54. The van der Waals surface area contributed by atoms with Crippen LogP contribution >= 0.6 is 0 Å². The van der Waals surface area contributed by atoms with Crippen LogP contribution in [0, 0.1) is 20.8 Å². The Kier molecular flexibility index (Phi) is 5.12. The van der Waals surface area contributed by atoms with E-state index in [9.17, 15) is 9.59 Å². The van der Waals surface area contributed by atoms with Crippen molar-refractivity contribution in [2.24, 2.45) is 0 Å². The summed E-state index contributed by atoms with van der Waals surface area (Å²) in [6, 6.07) is 11.1. The van der Waals surface area contributed by atoms with Gasteiger partial charge in [-0.2, -0.15) is 0 Å². The lowest BCUT2D eigenvalue weighted by Gasteiger charge is -2.06. The summed E-state index contributed by atoms with van der Waals surface area (Å²) >= 11 is 0. The van der Waals surface area contributed by atoms with E-state index in [4.69, 9.17) is 0 Å². The molecule has 1 N–H and O–H groups in total. The van der Waals surface area contributed by atoms with Gasteiger partial charge in [0.15, 0.2) is 5.78 Å². The molecule has 2 rings (SSSR count). The molecule has 0 atom stereocenters. The largest absolute Gasteiger partial charge is 0.326 e. The molecule has 118 valence electrons. The summed E-state index contributed by atoms with van der Waals surface area (Å²) in [6.07, 6.45) is 3.42. The molecule has 0 radical (unpaired) electrons. The molecule has 0 heterocycles. The Morgan fingerprint density at radius 1 is 0.957 bits per heavy atom. The average Bonchev–Trinajstić information content (AvgIpc) is 2.49. The zero-order chi connectivity index (χ0) is 17.0. The van der Waals surface area contributed by atoms with Crippen molar-refractivity contribution in [2.45, 2.75) is 27.7 Å². The van der Waals surface area contributed by atoms with Crippen molar-refractivity contribution in [2.75, 3.05) is 5.32 Å². The summed E-state index contributed by atoms with van der Waals surface area (Å²) < 4.78 is 0. The van der Waals surface area contributed by atoms with Crippen LogP contribution in [0.5, 0.6) is 0 Å². The predicted octanol–water partition coefficient (Wildman–Crippen LogP) is 4.47. The van der Waals surface area contributed by atoms with Gasteiger partial charge < -0.3 is 5.32 Å². The summed E-state index contributed by atoms with van der Waals surface area (Å²) in [4.78, 5) is 23.4. The van der Waals surface area contributed by atoms with Crippen molar-refractivity contribution in [3.05, 3.63) is 70.3 Å². The van der Waals surface area contributed by atoms with Gasteiger partial charge in [-0.25, -0.2) is 0 Å². The van der Waals surface area contributed by atoms with Gasteiger partial charge in [0, 0.05) is 18.2 Å². The van der Waals surface area contributed by atoms with Crippen LogP contribution in [0.4, 0.5) is 5.69 Å². The van der Waals surface area contributed by atoms with Gasteiger partial charge >= 0.3 is 0 Å². The molecule has 3 nitrogen and oxygen atoms in total. The molecule has 2 aromatic carbocycles. The van der Waals surface area contributed by atoms with Crippen LogP contribution in [0.1, 0.15) is 39.5 Å². The molecular weight excluding hydrogens is 286 g/mol. The predicted molar refractivity (Wildman–Crippen MR) is 94.8 cm³/mol. The second kappa shape index (κ2) is 7.05. The number of benzene rings is 2. The van der Waals surface area contributed by atoms with E-state index in [-0.39, 0.29) is 11.7 Å². The second-order valence-electron chi connectivity index (χ2n) is 5.75. The molecule has 0 aliphatic rings. The van der Waals surface area contributed by atoms with Gasteiger partial charge in [-0.1, -0.05) is 30.3 Å². The van der Waals surface area contributed by atoms with Gasteiger partial charge in [0.25, 0.3) is 0 Å². The lowest BCUT2D eigenvalue weighted by Crippen LogP contribution is -2.06. The number of hydrogen-bond donors (Lipinski definition) is 1. The number of anilines is 1. The topological polar surface area (TPSA) is 46.2 Å². The van der Waals surface area contributed by atoms with Crippen molar-refractivity contribution in [1.29, 1.82) is 0 Å². The highest BCUT2D eigenvalue weighted by molar-refractivity contribution is 6.07. The Hall–Kier alpha value is -2.68. The number of ketones is 1. The van der Waals surface area contributed by atoms with Gasteiger partial charge in [0.05, 0.1) is 0 Å². The Labute approximate surface area is 137 Å². The monoisotopic (exact) mass is 307 g/mol. The SMILES string of the molecule is CC(=O)Nc1cccc(C(=O)/C=C/c2cc(C)c(C)cc2C)c1. The highest BCUT2D eigenvalue weighted by atomic mass is 16.1. The number of hydrogen-bond acceptors (Lipinski definition) is 2. The minimum Gasteiger partial charge on any atom is -0.326 e. The molecule has 0 saturated carbocycles. The fourth-order valence-electron chi connectivity index (χ4n) is 2.38. The minimum absolute atomic E-state index is 0.0881. The number of rotatable bonds is 4. The van der Waals surface area contributed by atoms with E-state index in [0.29, 0.717) is 11.3 Å². The minimum atomic E-state index is -0.157. The summed E-state index contributed by atoms with van der Waals surface area (Å²) in [5, 5.41) is 2.68. The maximum atomic E-state index is 12.3. The van der Waals surface area contributed by atoms with Gasteiger partial charge in [0.1, 0.15) is 0 Å². The van der Waals surface area contributed by atoms with Crippen LogP contribution < -0.4 is 5.32 Å². The van der Waals surface area contributed by atoms with Crippen molar-refractivity contribution in [3.8, 4) is 0 Å². The van der Waals surface area contributed by atoms with Gasteiger partial charge in [0.2, 0.25) is 5.91 Å². The number of aryl methyl sites for hydroxylation is 3. The molecule has 0 bridgehead atoms. The second-order valence-corrected chi connectivity index (χ2v) is 5.75. The molecular formula is C20H21NO2. The standard InChI is InChI=1S/C20H21NO2/c1-13-10-15(3)17(11-14(13)2)8-9-20(23)18-6-5-7-19(12-18)21-16(4)22/h5-12H,1-4H3,(H,21,22)/b9-8+. The van der Waals surface area contributed by atoms with E-state index in [0.717, 1.165) is 11.1 Å². The van der Waals surface area contributed by atoms with Gasteiger partial charge in [-0.3, -0.25) is 9.59 Å². The van der Waals surface area contributed by atoms with E-state index < -0.39 is 0 Å². The summed E-state index contributed by atoms with van der Waals surface area (Å²) in [5.41, 5.74) is 5.81.